The van der Waals surface area contributed by atoms with Crippen molar-refractivity contribution in [2.45, 2.75) is 19.3 Å². The van der Waals surface area contributed by atoms with E-state index in [1.165, 1.54) is 22.4 Å². The molecule has 1 atom stereocenters. The van der Waals surface area contributed by atoms with Crippen molar-refractivity contribution in [3.8, 4) is 0 Å². The van der Waals surface area contributed by atoms with Gasteiger partial charge in [0.2, 0.25) is 0 Å². The van der Waals surface area contributed by atoms with Crippen molar-refractivity contribution in [3.63, 3.8) is 0 Å². The first-order valence-corrected chi connectivity index (χ1v) is 9.72. The second kappa shape index (κ2) is 7.40. The summed E-state index contributed by atoms with van der Waals surface area (Å²) in [5, 5.41) is 13.1. The summed E-state index contributed by atoms with van der Waals surface area (Å²) in [5.41, 5.74) is 3.02. The summed E-state index contributed by atoms with van der Waals surface area (Å²) in [6, 6.07) is 12.4. The Hall–Kier alpha value is -3.25. The van der Waals surface area contributed by atoms with Crippen LogP contribution in [0.1, 0.15) is 43.6 Å². The average Bonchev–Trinajstić information content (AvgIpc) is 3.11. The summed E-state index contributed by atoms with van der Waals surface area (Å²) >= 11 is 1.69. The molecule has 1 aliphatic rings. The van der Waals surface area contributed by atoms with E-state index >= 15 is 0 Å². The number of carboxylic acid groups (broad SMARTS) is 1. The van der Waals surface area contributed by atoms with Crippen molar-refractivity contribution in [1.29, 1.82) is 0 Å². The SMILES string of the molecule is Cc1ccc2nc(C3C=CC(NC(=O)c4ccccc4C(=O)O)=CC3)sc2c1. The molecule has 2 aromatic carbocycles. The fourth-order valence-corrected chi connectivity index (χ4v) is 4.33. The molecule has 0 spiro atoms. The number of allylic oxidation sites excluding steroid dienone is 3. The molecule has 0 saturated heterocycles. The third-order valence-corrected chi connectivity index (χ3v) is 5.79. The first-order chi connectivity index (χ1) is 13.5. The van der Waals surface area contributed by atoms with Crippen LogP contribution in [0.15, 0.2) is 66.4 Å². The van der Waals surface area contributed by atoms with Crippen molar-refractivity contribution >= 4 is 33.4 Å². The summed E-state index contributed by atoms with van der Waals surface area (Å²) in [7, 11) is 0. The maximum absolute atomic E-state index is 12.5. The fraction of sp³-hybridized carbons (Fsp3) is 0.136. The van der Waals surface area contributed by atoms with Gasteiger partial charge >= 0.3 is 5.97 Å². The highest BCUT2D eigenvalue weighted by Crippen LogP contribution is 2.33. The van der Waals surface area contributed by atoms with Crippen molar-refractivity contribution < 1.29 is 14.7 Å². The van der Waals surface area contributed by atoms with E-state index in [2.05, 4.69) is 24.4 Å². The van der Waals surface area contributed by atoms with Crippen LogP contribution >= 0.6 is 11.3 Å². The van der Waals surface area contributed by atoms with Gasteiger partial charge in [-0.15, -0.1) is 11.3 Å². The lowest BCUT2D eigenvalue weighted by Gasteiger charge is -2.15. The Balaban J connectivity index is 1.48. The number of nitrogens with zero attached hydrogens (tertiary/aromatic N) is 1. The van der Waals surface area contributed by atoms with Crippen LogP contribution in [0, 0.1) is 6.92 Å². The van der Waals surface area contributed by atoms with E-state index in [1.54, 1.807) is 23.5 Å². The zero-order valence-corrected chi connectivity index (χ0v) is 16.0. The van der Waals surface area contributed by atoms with Gasteiger partial charge in [-0.3, -0.25) is 4.79 Å². The lowest BCUT2D eigenvalue weighted by molar-refractivity contribution is 0.0691. The standard InChI is InChI=1S/C22H18N2O3S/c1-13-6-11-18-19(12-13)28-21(24-18)14-7-9-15(10-8-14)23-20(25)16-4-2-3-5-17(16)22(26)27/h2-7,9-12,14H,8H2,1H3,(H,23,25)(H,26,27). The van der Waals surface area contributed by atoms with Crippen molar-refractivity contribution in [3.05, 3.63) is 88.1 Å². The zero-order valence-electron chi connectivity index (χ0n) is 15.2. The molecule has 0 radical (unpaired) electrons. The normalized spacial score (nSPS) is 16.0. The summed E-state index contributed by atoms with van der Waals surface area (Å²) in [4.78, 5) is 28.5. The highest BCUT2D eigenvalue weighted by molar-refractivity contribution is 7.18. The van der Waals surface area contributed by atoms with Crippen LogP contribution in [-0.4, -0.2) is 22.0 Å². The number of amides is 1. The molecule has 1 unspecified atom stereocenters. The molecule has 140 valence electrons. The van der Waals surface area contributed by atoms with Gasteiger partial charge in [0, 0.05) is 11.6 Å². The number of carbonyl (C=O) groups is 2. The van der Waals surface area contributed by atoms with Crippen LogP contribution in [0.25, 0.3) is 10.2 Å². The lowest BCUT2D eigenvalue weighted by atomic mass is 9.99. The molecule has 2 N–H and O–H groups in total. The third-order valence-electron chi connectivity index (χ3n) is 4.64. The summed E-state index contributed by atoms with van der Waals surface area (Å²) in [6.07, 6.45) is 6.56. The lowest BCUT2D eigenvalue weighted by Crippen LogP contribution is -2.25. The van der Waals surface area contributed by atoms with Crippen LogP contribution in [0.2, 0.25) is 0 Å². The minimum Gasteiger partial charge on any atom is -0.478 e. The quantitative estimate of drug-likeness (QED) is 0.679. The summed E-state index contributed by atoms with van der Waals surface area (Å²) < 4.78 is 1.18. The average molecular weight is 390 g/mol. The van der Waals surface area contributed by atoms with E-state index in [0.717, 1.165) is 16.9 Å². The molecule has 1 amide bonds. The summed E-state index contributed by atoms with van der Waals surface area (Å²) in [6.45, 7) is 2.07. The van der Waals surface area contributed by atoms with Gasteiger partial charge in [-0.1, -0.05) is 30.4 Å². The number of carbonyl (C=O) groups excluding carboxylic acids is 1. The molecule has 5 nitrogen and oxygen atoms in total. The van der Waals surface area contributed by atoms with Crippen molar-refractivity contribution in [1.82, 2.24) is 10.3 Å². The molecule has 0 bridgehead atoms. The van der Waals surface area contributed by atoms with Crippen LogP contribution < -0.4 is 5.32 Å². The molecule has 1 aliphatic carbocycles. The Morgan fingerprint density at radius 1 is 1.18 bits per heavy atom. The van der Waals surface area contributed by atoms with E-state index in [1.807, 2.05) is 24.3 Å². The molecule has 1 aromatic heterocycles. The first kappa shape index (κ1) is 18.1. The molecule has 1 heterocycles. The van der Waals surface area contributed by atoms with Crippen LogP contribution in [0.4, 0.5) is 0 Å². The smallest absolute Gasteiger partial charge is 0.336 e. The Morgan fingerprint density at radius 3 is 2.68 bits per heavy atom. The molecular weight excluding hydrogens is 372 g/mol. The molecule has 0 aliphatic heterocycles. The second-order valence-electron chi connectivity index (χ2n) is 6.69. The molecule has 3 aromatic rings. The number of fused-ring (bicyclic) bond motifs is 1. The monoisotopic (exact) mass is 390 g/mol. The van der Waals surface area contributed by atoms with Gasteiger partial charge in [0.1, 0.15) is 5.01 Å². The Labute approximate surface area is 166 Å². The number of rotatable bonds is 4. The van der Waals surface area contributed by atoms with Crippen molar-refractivity contribution in [2.75, 3.05) is 0 Å². The van der Waals surface area contributed by atoms with Crippen molar-refractivity contribution in [2.24, 2.45) is 0 Å². The van der Waals surface area contributed by atoms with Gasteiger partial charge in [-0.05, 0) is 49.2 Å². The number of aryl methyl sites for hydroxylation is 1. The predicted octanol–water partition coefficient (Wildman–Crippen LogP) is 4.66. The Kier molecular flexibility index (Phi) is 4.79. The molecular formula is C22H18N2O3S. The number of carboxylic acids is 1. The van der Waals surface area contributed by atoms with Gasteiger partial charge in [-0.2, -0.15) is 0 Å². The highest BCUT2D eigenvalue weighted by Gasteiger charge is 2.19. The van der Waals surface area contributed by atoms with Gasteiger partial charge in [0.15, 0.2) is 0 Å². The molecule has 4 rings (SSSR count). The Bertz CT molecular complexity index is 1140. The van der Waals surface area contributed by atoms with Crippen LogP contribution in [0.3, 0.4) is 0 Å². The van der Waals surface area contributed by atoms with E-state index in [9.17, 15) is 14.7 Å². The Morgan fingerprint density at radius 2 is 1.96 bits per heavy atom. The van der Waals surface area contributed by atoms with Crippen LogP contribution in [0.5, 0.6) is 0 Å². The van der Waals surface area contributed by atoms with Crippen LogP contribution in [-0.2, 0) is 0 Å². The number of aromatic carboxylic acids is 1. The number of aromatic nitrogens is 1. The van der Waals surface area contributed by atoms with E-state index in [-0.39, 0.29) is 17.0 Å². The first-order valence-electron chi connectivity index (χ1n) is 8.90. The summed E-state index contributed by atoms with van der Waals surface area (Å²) in [5.74, 6) is -1.38. The van der Waals surface area contributed by atoms with Gasteiger partial charge in [-0.25, -0.2) is 9.78 Å². The molecule has 28 heavy (non-hydrogen) atoms. The largest absolute Gasteiger partial charge is 0.478 e. The number of nitrogens with one attached hydrogen (secondary N) is 1. The maximum atomic E-state index is 12.5. The minimum atomic E-state index is -1.12. The second-order valence-corrected chi connectivity index (χ2v) is 7.75. The molecule has 6 heteroatoms. The van der Waals surface area contributed by atoms with Gasteiger partial charge in [0.25, 0.3) is 5.91 Å². The van der Waals surface area contributed by atoms with E-state index in [4.69, 9.17) is 4.98 Å². The maximum Gasteiger partial charge on any atom is 0.336 e. The third kappa shape index (κ3) is 3.59. The number of hydrogen-bond donors (Lipinski definition) is 2. The topological polar surface area (TPSA) is 79.3 Å². The zero-order chi connectivity index (χ0) is 19.7. The predicted molar refractivity (Wildman–Crippen MR) is 110 cm³/mol. The van der Waals surface area contributed by atoms with E-state index in [0.29, 0.717) is 5.70 Å². The van der Waals surface area contributed by atoms with E-state index < -0.39 is 11.9 Å². The number of thiazole rings is 1. The van der Waals surface area contributed by atoms with Gasteiger partial charge in [0.05, 0.1) is 21.3 Å². The molecule has 0 saturated carbocycles. The minimum absolute atomic E-state index is 0.0111. The number of hydrogen-bond acceptors (Lipinski definition) is 4. The van der Waals surface area contributed by atoms with Gasteiger partial charge < -0.3 is 10.4 Å². The molecule has 0 fully saturated rings. The fourth-order valence-electron chi connectivity index (χ4n) is 3.17. The number of benzene rings is 2. The highest BCUT2D eigenvalue weighted by atomic mass is 32.1.